The minimum absolute atomic E-state index is 0.0371. The number of sulfonamides is 1. The van der Waals surface area contributed by atoms with Crippen molar-refractivity contribution in [3.63, 3.8) is 0 Å². The lowest BCUT2D eigenvalue weighted by Gasteiger charge is -2.33. The Morgan fingerprint density at radius 1 is 0.925 bits per heavy atom. The zero-order valence-corrected chi connectivity index (χ0v) is 24.8. The van der Waals surface area contributed by atoms with Crippen LogP contribution in [-0.4, -0.2) is 43.8 Å². The maximum Gasteiger partial charge on any atom is 0.264 e. The van der Waals surface area contributed by atoms with Crippen molar-refractivity contribution in [1.82, 2.24) is 10.2 Å². The average Bonchev–Trinajstić information content (AvgIpc) is 2.92. The summed E-state index contributed by atoms with van der Waals surface area (Å²) >= 11 is 0. The first-order chi connectivity index (χ1) is 18.9. The summed E-state index contributed by atoms with van der Waals surface area (Å²) in [6.45, 7) is 10.1. The lowest BCUT2D eigenvalue weighted by Crippen LogP contribution is -2.52. The van der Waals surface area contributed by atoms with Gasteiger partial charge in [-0.05, 0) is 76.4 Å². The van der Waals surface area contributed by atoms with Crippen LogP contribution in [0.5, 0.6) is 0 Å². The van der Waals surface area contributed by atoms with Crippen LogP contribution in [0.15, 0.2) is 71.6 Å². The molecule has 40 heavy (non-hydrogen) atoms. The first-order valence-electron chi connectivity index (χ1n) is 13.4. The second-order valence-electron chi connectivity index (χ2n) is 10.2. The number of amides is 2. The van der Waals surface area contributed by atoms with E-state index >= 15 is 0 Å². The van der Waals surface area contributed by atoms with Crippen molar-refractivity contribution in [1.29, 1.82) is 0 Å². The highest BCUT2D eigenvalue weighted by Gasteiger charge is 2.33. The summed E-state index contributed by atoms with van der Waals surface area (Å²) in [6, 6.07) is 16.6. The summed E-state index contributed by atoms with van der Waals surface area (Å²) in [6.07, 6.45) is 0.689. The zero-order chi connectivity index (χ0) is 29.6. The molecule has 2 atom stereocenters. The minimum Gasteiger partial charge on any atom is -0.352 e. The molecule has 3 aromatic carbocycles. The van der Waals surface area contributed by atoms with Gasteiger partial charge < -0.3 is 10.2 Å². The molecule has 3 aromatic rings. The molecule has 1 N–H and O–H groups in total. The number of halogens is 1. The molecule has 0 unspecified atom stereocenters. The first kappa shape index (κ1) is 30.8. The maximum atomic E-state index is 14.7. The molecule has 0 saturated carbocycles. The Labute approximate surface area is 237 Å². The third-order valence-corrected chi connectivity index (χ3v) is 8.97. The lowest BCUT2D eigenvalue weighted by molar-refractivity contribution is -0.139. The quantitative estimate of drug-likeness (QED) is 0.342. The Hall–Kier alpha value is -3.72. The molecule has 0 bridgehead atoms. The Kier molecular flexibility index (Phi) is 10.1. The maximum absolute atomic E-state index is 14.7. The standard InChI is InChI=1S/C31H38FN3O4S/c1-7-23(4)33-31(37)25(6)34(19-26-12-8-9-13-28(26)32)30(36)20-35(29-14-10-11-22(3)24(29)5)40(38,39)27-17-15-21(2)16-18-27/h8-18,23,25H,7,19-20H2,1-6H3,(H,33,37)/t23-,25-/m0/s1. The SMILES string of the molecule is CC[C@H](C)NC(=O)[C@H](C)N(Cc1ccccc1F)C(=O)CN(c1cccc(C)c1C)S(=O)(=O)c1ccc(C)cc1. The van der Waals surface area contributed by atoms with Crippen LogP contribution in [0.4, 0.5) is 10.1 Å². The molecule has 214 valence electrons. The molecule has 0 aromatic heterocycles. The molecule has 0 fully saturated rings. The number of rotatable bonds is 11. The largest absolute Gasteiger partial charge is 0.352 e. The Bertz CT molecular complexity index is 1460. The van der Waals surface area contributed by atoms with Gasteiger partial charge in [-0.1, -0.05) is 55.0 Å². The number of aryl methyl sites for hydroxylation is 2. The number of nitrogens with zero attached hydrogens (tertiary/aromatic N) is 2. The van der Waals surface area contributed by atoms with Crippen LogP contribution < -0.4 is 9.62 Å². The molecule has 0 spiro atoms. The van der Waals surface area contributed by atoms with E-state index in [0.29, 0.717) is 17.7 Å². The van der Waals surface area contributed by atoms with E-state index in [1.807, 2.05) is 33.8 Å². The van der Waals surface area contributed by atoms with Crippen LogP contribution in [0.25, 0.3) is 0 Å². The van der Waals surface area contributed by atoms with E-state index in [1.54, 1.807) is 56.3 Å². The second-order valence-corrected chi connectivity index (χ2v) is 12.0. The highest BCUT2D eigenvalue weighted by atomic mass is 32.2. The molecule has 0 radical (unpaired) electrons. The average molecular weight is 568 g/mol. The van der Waals surface area contributed by atoms with Gasteiger partial charge in [-0.15, -0.1) is 0 Å². The monoisotopic (exact) mass is 567 g/mol. The summed E-state index contributed by atoms with van der Waals surface area (Å²) in [4.78, 5) is 28.4. The predicted molar refractivity (Wildman–Crippen MR) is 156 cm³/mol. The van der Waals surface area contributed by atoms with Crippen molar-refractivity contribution >= 4 is 27.5 Å². The van der Waals surface area contributed by atoms with E-state index in [9.17, 15) is 22.4 Å². The fourth-order valence-corrected chi connectivity index (χ4v) is 5.69. The zero-order valence-electron chi connectivity index (χ0n) is 23.9. The topological polar surface area (TPSA) is 86.8 Å². The summed E-state index contributed by atoms with van der Waals surface area (Å²) in [5.41, 5.74) is 3.04. The molecule has 0 aliphatic carbocycles. The summed E-state index contributed by atoms with van der Waals surface area (Å²) in [5, 5.41) is 2.87. The van der Waals surface area contributed by atoms with Gasteiger partial charge in [0.1, 0.15) is 18.4 Å². The van der Waals surface area contributed by atoms with Crippen molar-refractivity contribution in [3.8, 4) is 0 Å². The molecule has 0 saturated heterocycles. The van der Waals surface area contributed by atoms with Crippen LogP contribution in [0, 0.1) is 26.6 Å². The third-order valence-electron chi connectivity index (χ3n) is 7.20. The predicted octanol–water partition coefficient (Wildman–Crippen LogP) is 5.28. The number of hydrogen-bond donors (Lipinski definition) is 1. The van der Waals surface area contributed by atoms with Crippen LogP contribution in [0.1, 0.15) is 49.4 Å². The second kappa shape index (κ2) is 13.1. The van der Waals surface area contributed by atoms with Crippen LogP contribution in [-0.2, 0) is 26.2 Å². The molecule has 2 amide bonds. The normalized spacial score (nSPS) is 12.9. The van der Waals surface area contributed by atoms with Gasteiger partial charge in [0.05, 0.1) is 10.6 Å². The van der Waals surface area contributed by atoms with Crippen LogP contribution in [0.3, 0.4) is 0 Å². The number of anilines is 1. The highest BCUT2D eigenvalue weighted by molar-refractivity contribution is 7.92. The number of carbonyl (C=O) groups is 2. The van der Waals surface area contributed by atoms with Gasteiger partial charge in [0.25, 0.3) is 10.0 Å². The lowest BCUT2D eigenvalue weighted by atomic mass is 10.1. The molecular weight excluding hydrogens is 529 g/mol. The third kappa shape index (κ3) is 7.07. The smallest absolute Gasteiger partial charge is 0.264 e. The molecule has 7 nitrogen and oxygen atoms in total. The molecule has 0 aliphatic heterocycles. The van der Waals surface area contributed by atoms with Gasteiger partial charge in [-0.2, -0.15) is 0 Å². The van der Waals surface area contributed by atoms with E-state index in [2.05, 4.69) is 5.32 Å². The van der Waals surface area contributed by atoms with Crippen LogP contribution >= 0.6 is 0 Å². The van der Waals surface area contributed by atoms with Gasteiger partial charge in [0.15, 0.2) is 0 Å². The van der Waals surface area contributed by atoms with Gasteiger partial charge in [-0.3, -0.25) is 13.9 Å². The van der Waals surface area contributed by atoms with E-state index in [0.717, 1.165) is 15.4 Å². The summed E-state index contributed by atoms with van der Waals surface area (Å²) in [7, 11) is -4.18. The first-order valence-corrected chi connectivity index (χ1v) is 14.8. The Morgan fingerprint density at radius 2 is 1.57 bits per heavy atom. The summed E-state index contributed by atoms with van der Waals surface area (Å²) < 4.78 is 43.7. The van der Waals surface area contributed by atoms with Gasteiger partial charge >= 0.3 is 0 Å². The number of carbonyl (C=O) groups excluding carboxylic acids is 2. The van der Waals surface area contributed by atoms with Crippen molar-refractivity contribution in [3.05, 3.63) is 94.8 Å². The fourth-order valence-electron chi connectivity index (χ4n) is 4.21. The van der Waals surface area contributed by atoms with Gasteiger partial charge in [0.2, 0.25) is 11.8 Å². The summed E-state index contributed by atoms with van der Waals surface area (Å²) in [5.74, 6) is -1.56. The number of hydrogen-bond acceptors (Lipinski definition) is 4. The number of nitrogens with one attached hydrogen (secondary N) is 1. The van der Waals surface area contributed by atoms with Crippen molar-refractivity contribution in [2.24, 2.45) is 0 Å². The molecule has 3 rings (SSSR count). The van der Waals surface area contributed by atoms with Gasteiger partial charge in [0, 0.05) is 18.2 Å². The Morgan fingerprint density at radius 3 is 2.20 bits per heavy atom. The molecule has 0 aliphatic rings. The van der Waals surface area contributed by atoms with Crippen LogP contribution in [0.2, 0.25) is 0 Å². The fraction of sp³-hybridized carbons (Fsp3) is 0.355. The van der Waals surface area contributed by atoms with E-state index in [1.165, 1.54) is 23.1 Å². The van der Waals surface area contributed by atoms with E-state index in [4.69, 9.17) is 0 Å². The van der Waals surface area contributed by atoms with Crippen molar-refractivity contribution in [2.75, 3.05) is 10.8 Å². The number of benzene rings is 3. The Balaban J connectivity index is 2.08. The van der Waals surface area contributed by atoms with Crippen molar-refractivity contribution in [2.45, 2.75) is 71.5 Å². The molecule has 9 heteroatoms. The van der Waals surface area contributed by atoms with E-state index in [-0.39, 0.29) is 23.0 Å². The molecular formula is C31H38FN3O4S. The van der Waals surface area contributed by atoms with Gasteiger partial charge in [-0.25, -0.2) is 12.8 Å². The molecule has 0 heterocycles. The minimum atomic E-state index is -4.18. The van der Waals surface area contributed by atoms with Crippen molar-refractivity contribution < 1.29 is 22.4 Å². The highest BCUT2D eigenvalue weighted by Crippen LogP contribution is 2.29. The van der Waals surface area contributed by atoms with E-state index < -0.39 is 40.2 Å².